The normalized spacial score (nSPS) is 40.6. The first-order valence-electron chi connectivity index (χ1n) is 3.60. The van der Waals surface area contributed by atoms with Crippen molar-refractivity contribution in [2.75, 3.05) is 0 Å². The minimum Gasteiger partial charge on any atom is -0.336 e. The van der Waals surface area contributed by atoms with Gasteiger partial charge in [-0.2, -0.15) is 0 Å². The number of amides is 1. The zero-order chi connectivity index (χ0) is 6.43. The molecule has 0 aliphatic carbocycles. The van der Waals surface area contributed by atoms with Crippen molar-refractivity contribution < 1.29 is 4.79 Å². The van der Waals surface area contributed by atoms with Gasteiger partial charge in [0.05, 0.1) is 0 Å². The van der Waals surface area contributed by atoms with Crippen molar-refractivity contribution in [3.8, 4) is 0 Å². The van der Waals surface area contributed by atoms with E-state index in [1.54, 1.807) is 0 Å². The molecule has 9 heavy (non-hydrogen) atoms. The van der Waals surface area contributed by atoms with Gasteiger partial charge in [0, 0.05) is 18.5 Å². The Labute approximate surface area is 54.8 Å². The molecule has 50 valence electrons. The van der Waals surface area contributed by atoms with Crippen molar-refractivity contribution in [3.05, 3.63) is 0 Å². The summed E-state index contributed by atoms with van der Waals surface area (Å²) in [5.74, 6) is 0.366. The van der Waals surface area contributed by atoms with Crippen LogP contribution in [0.15, 0.2) is 0 Å². The fourth-order valence-corrected chi connectivity index (χ4v) is 1.92. The summed E-state index contributed by atoms with van der Waals surface area (Å²) in [6, 6.07) is 1.17. The second-order valence-corrected chi connectivity index (χ2v) is 3.09. The van der Waals surface area contributed by atoms with E-state index in [-0.39, 0.29) is 0 Å². The second-order valence-electron chi connectivity index (χ2n) is 3.09. The van der Waals surface area contributed by atoms with Crippen LogP contribution in [0.2, 0.25) is 0 Å². The molecule has 2 heterocycles. The number of hydrogen-bond donors (Lipinski definition) is 0. The molecule has 2 atom stereocenters. The first-order valence-corrected chi connectivity index (χ1v) is 3.60. The maximum absolute atomic E-state index is 10.8. The summed E-state index contributed by atoms with van der Waals surface area (Å²) in [6.45, 7) is 2.14. The monoisotopic (exact) mass is 125 g/mol. The van der Waals surface area contributed by atoms with E-state index in [4.69, 9.17) is 0 Å². The molecule has 0 spiro atoms. The first-order chi connectivity index (χ1) is 4.29. The van der Waals surface area contributed by atoms with Gasteiger partial charge in [0.25, 0.3) is 0 Å². The number of hydrogen-bond acceptors (Lipinski definition) is 1. The van der Waals surface area contributed by atoms with Gasteiger partial charge in [0.2, 0.25) is 5.91 Å². The molecule has 2 aliphatic rings. The third-order valence-corrected chi connectivity index (χ3v) is 2.48. The molecule has 0 saturated carbocycles. The van der Waals surface area contributed by atoms with Crippen LogP contribution in [0.4, 0.5) is 0 Å². The molecule has 0 aromatic carbocycles. The Morgan fingerprint density at radius 3 is 2.78 bits per heavy atom. The van der Waals surface area contributed by atoms with Crippen LogP contribution < -0.4 is 0 Å². The van der Waals surface area contributed by atoms with Crippen molar-refractivity contribution >= 4 is 5.91 Å². The molecule has 2 heteroatoms. The molecule has 2 rings (SSSR count). The Bertz CT molecular complexity index is 149. The minimum absolute atomic E-state index is 0.366. The summed E-state index contributed by atoms with van der Waals surface area (Å²) in [5.41, 5.74) is 0. The van der Waals surface area contributed by atoms with Crippen molar-refractivity contribution in [3.63, 3.8) is 0 Å². The second kappa shape index (κ2) is 1.49. The lowest BCUT2D eigenvalue weighted by atomic mass is 10.0. The van der Waals surface area contributed by atoms with Crippen LogP contribution >= 0.6 is 0 Å². The predicted octanol–water partition coefficient (Wildman–Crippen LogP) is 0.770. The van der Waals surface area contributed by atoms with Gasteiger partial charge >= 0.3 is 0 Å². The zero-order valence-corrected chi connectivity index (χ0v) is 5.63. The molecule has 0 aromatic rings. The number of fused-ring (bicyclic) bond motifs is 1. The summed E-state index contributed by atoms with van der Waals surface area (Å²) in [7, 11) is 0. The number of rotatable bonds is 0. The van der Waals surface area contributed by atoms with E-state index in [1.807, 2.05) is 4.90 Å². The third-order valence-electron chi connectivity index (χ3n) is 2.48. The van der Waals surface area contributed by atoms with Gasteiger partial charge in [0.15, 0.2) is 0 Å². The van der Waals surface area contributed by atoms with E-state index in [9.17, 15) is 4.79 Å². The summed E-state index contributed by atoms with van der Waals surface area (Å²) in [4.78, 5) is 12.9. The van der Waals surface area contributed by atoms with Crippen LogP contribution in [0, 0.1) is 0 Å². The molecule has 0 aromatic heterocycles. The highest BCUT2D eigenvalue weighted by Crippen LogP contribution is 2.34. The first kappa shape index (κ1) is 5.27. The van der Waals surface area contributed by atoms with Crippen LogP contribution in [-0.2, 0) is 4.79 Å². The fraction of sp³-hybridized carbons (Fsp3) is 0.857. The summed E-state index contributed by atoms with van der Waals surface area (Å²) in [5, 5.41) is 0. The van der Waals surface area contributed by atoms with Crippen LogP contribution in [0.3, 0.4) is 0 Å². The maximum Gasteiger partial charge on any atom is 0.225 e. The van der Waals surface area contributed by atoms with Crippen LogP contribution in [-0.4, -0.2) is 22.9 Å². The Balaban J connectivity index is 2.14. The molecule has 0 radical (unpaired) electrons. The molecule has 0 bridgehead atoms. The van der Waals surface area contributed by atoms with Crippen LogP contribution in [0.25, 0.3) is 0 Å². The lowest BCUT2D eigenvalue weighted by Crippen LogP contribution is -2.51. The Hall–Kier alpha value is -0.530. The van der Waals surface area contributed by atoms with Gasteiger partial charge in [-0.1, -0.05) is 0 Å². The highest BCUT2D eigenvalue weighted by atomic mass is 16.2. The van der Waals surface area contributed by atoms with E-state index in [1.165, 1.54) is 12.8 Å². The number of β-lactam (4-membered cyclic amide) rings is 1. The van der Waals surface area contributed by atoms with E-state index in [2.05, 4.69) is 6.92 Å². The van der Waals surface area contributed by atoms with Crippen molar-refractivity contribution in [1.82, 2.24) is 4.90 Å². The Morgan fingerprint density at radius 1 is 1.56 bits per heavy atom. The molecule has 2 saturated heterocycles. The Morgan fingerprint density at radius 2 is 2.33 bits per heavy atom. The van der Waals surface area contributed by atoms with E-state index < -0.39 is 0 Å². The lowest BCUT2D eigenvalue weighted by Gasteiger charge is -2.37. The highest BCUT2D eigenvalue weighted by molar-refractivity contribution is 5.83. The molecule has 2 aliphatic heterocycles. The number of carbonyl (C=O) groups is 1. The van der Waals surface area contributed by atoms with Gasteiger partial charge < -0.3 is 4.90 Å². The molecule has 1 amide bonds. The van der Waals surface area contributed by atoms with Gasteiger partial charge in [0.1, 0.15) is 0 Å². The predicted molar refractivity (Wildman–Crippen MR) is 33.9 cm³/mol. The third kappa shape index (κ3) is 0.533. The summed E-state index contributed by atoms with van der Waals surface area (Å²) >= 11 is 0. The average Bonchev–Trinajstić information content (AvgIpc) is 2.04. The topological polar surface area (TPSA) is 20.3 Å². The van der Waals surface area contributed by atoms with Crippen molar-refractivity contribution in [1.29, 1.82) is 0 Å². The summed E-state index contributed by atoms with van der Waals surface area (Å²) in [6.07, 6.45) is 3.29. The minimum atomic E-state index is 0.366. The molecule has 2 unspecified atom stereocenters. The van der Waals surface area contributed by atoms with Crippen molar-refractivity contribution in [2.24, 2.45) is 0 Å². The van der Waals surface area contributed by atoms with Crippen LogP contribution in [0.1, 0.15) is 26.2 Å². The SMILES string of the molecule is CC1CCC2CC(=O)N12. The standard InChI is InChI=1S/C7H11NO/c1-5-2-3-6-4-7(9)8(5)6/h5-6H,2-4H2,1H3. The zero-order valence-electron chi connectivity index (χ0n) is 5.63. The number of carbonyl (C=O) groups excluding carboxylic acids is 1. The van der Waals surface area contributed by atoms with E-state index >= 15 is 0 Å². The average molecular weight is 125 g/mol. The Kier molecular flexibility index (Phi) is 0.875. The van der Waals surface area contributed by atoms with E-state index in [0.717, 1.165) is 6.42 Å². The highest BCUT2D eigenvalue weighted by Gasteiger charge is 2.43. The van der Waals surface area contributed by atoms with Crippen molar-refractivity contribution in [2.45, 2.75) is 38.3 Å². The van der Waals surface area contributed by atoms with Gasteiger partial charge in [-0.25, -0.2) is 0 Å². The largest absolute Gasteiger partial charge is 0.336 e. The lowest BCUT2D eigenvalue weighted by molar-refractivity contribution is -0.145. The molecule has 2 nitrogen and oxygen atoms in total. The van der Waals surface area contributed by atoms with E-state index in [0.29, 0.717) is 18.0 Å². The van der Waals surface area contributed by atoms with Gasteiger partial charge in [-0.05, 0) is 19.8 Å². The van der Waals surface area contributed by atoms with Gasteiger partial charge in [-0.3, -0.25) is 4.79 Å². The molecule has 2 fully saturated rings. The van der Waals surface area contributed by atoms with Gasteiger partial charge in [-0.15, -0.1) is 0 Å². The molecule has 0 N–H and O–H groups in total. The molecular weight excluding hydrogens is 114 g/mol. The maximum atomic E-state index is 10.8. The van der Waals surface area contributed by atoms with Crippen LogP contribution in [0.5, 0.6) is 0 Å². The number of nitrogens with zero attached hydrogens (tertiary/aromatic N) is 1. The molecular formula is C7H11NO. The summed E-state index contributed by atoms with van der Waals surface area (Å²) < 4.78 is 0. The fourth-order valence-electron chi connectivity index (χ4n) is 1.92. The quantitative estimate of drug-likeness (QED) is 0.438. The smallest absolute Gasteiger partial charge is 0.225 e.